The van der Waals surface area contributed by atoms with Gasteiger partial charge in [0.05, 0.1) is 23.6 Å². The lowest BCUT2D eigenvalue weighted by Crippen LogP contribution is -2.62. The quantitative estimate of drug-likeness (QED) is 0.325. The van der Waals surface area contributed by atoms with Crippen molar-refractivity contribution in [2.45, 2.75) is 62.2 Å². The molecule has 0 aromatic heterocycles. The zero-order valence-electron chi connectivity index (χ0n) is 21.8. The predicted octanol–water partition coefficient (Wildman–Crippen LogP) is 5.84. The van der Waals surface area contributed by atoms with Gasteiger partial charge in [0.1, 0.15) is 11.0 Å². The molecule has 9 heteroatoms. The number of para-hydroxylation sites is 1. The van der Waals surface area contributed by atoms with Gasteiger partial charge in [0, 0.05) is 9.95 Å². The van der Waals surface area contributed by atoms with E-state index < -0.39 is 47.0 Å². The molecule has 2 aliphatic rings. The summed E-state index contributed by atoms with van der Waals surface area (Å²) in [6.07, 6.45) is -2.36. The lowest BCUT2D eigenvalue weighted by molar-refractivity contribution is -0.537. The summed E-state index contributed by atoms with van der Waals surface area (Å²) in [5.74, 6) is -2.69. The first kappa shape index (κ1) is 26.8. The fourth-order valence-electron chi connectivity index (χ4n) is 6.27. The molecule has 1 fully saturated rings. The first-order valence-corrected chi connectivity index (χ1v) is 13.1. The molecular formula is C30H29ClN2O6. The number of aliphatic hydroxyl groups is 1. The minimum absolute atomic E-state index is 0.0706. The molecule has 3 aromatic carbocycles. The minimum atomic E-state index is -1.86. The molecule has 1 aliphatic carbocycles. The summed E-state index contributed by atoms with van der Waals surface area (Å²) in [6, 6.07) is 20.9. The number of anilines is 1. The number of amides is 2. The van der Waals surface area contributed by atoms with Crippen LogP contribution in [0.25, 0.3) is 0 Å². The Hall–Kier alpha value is -3.75. The average Bonchev–Trinajstić information content (AvgIpc) is 3.14. The summed E-state index contributed by atoms with van der Waals surface area (Å²) in [6.45, 7) is 5.05. The van der Waals surface area contributed by atoms with Crippen LogP contribution in [0.2, 0.25) is 5.02 Å². The van der Waals surface area contributed by atoms with Gasteiger partial charge < -0.3 is 9.84 Å². The summed E-state index contributed by atoms with van der Waals surface area (Å²) in [7, 11) is 0. The maximum atomic E-state index is 14.6. The van der Waals surface area contributed by atoms with E-state index in [4.69, 9.17) is 16.3 Å². The molecule has 0 saturated heterocycles. The van der Waals surface area contributed by atoms with E-state index in [0.717, 1.165) is 4.90 Å². The number of imide groups is 1. The lowest BCUT2D eigenvalue weighted by Gasteiger charge is -2.48. The standard InChI is InChI=1S/C30H29ClN2O6/c1-29(2,3)39-28(36)32-23-16-10-8-14-21(23)30(27(32)35)24(34)17-20(18-11-5-4-6-12-18)26(33(37)38)25(30)19-13-7-9-15-22(19)31/h4-16,20,24-26,34H,17H2,1-3H3/t20-,24+,25-,26+,30+/m0/s1. The normalized spacial score (nSPS) is 26.4. The molecule has 5 atom stereocenters. The van der Waals surface area contributed by atoms with E-state index in [0.29, 0.717) is 16.7 Å². The number of carbonyl (C=O) groups is 2. The number of carbonyl (C=O) groups excluding carboxylic acids is 2. The van der Waals surface area contributed by atoms with Crippen LogP contribution in [-0.2, 0) is 14.9 Å². The van der Waals surface area contributed by atoms with Gasteiger partial charge in [0.15, 0.2) is 0 Å². The number of nitrogens with zero attached hydrogens (tertiary/aromatic N) is 2. The van der Waals surface area contributed by atoms with E-state index in [-0.39, 0.29) is 22.1 Å². The summed E-state index contributed by atoms with van der Waals surface area (Å²) < 4.78 is 5.57. The maximum absolute atomic E-state index is 14.6. The zero-order chi connectivity index (χ0) is 28.1. The Balaban J connectivity index is 1.80. The van der Waals surface area contributed by atoms with Crippen LogP contribution in [0.3, 0.4) is 0 Å². The molecule has 0 radical (unpaired) electrons. The van der Waals surface area contributed by atoms with Crippen molar-refractivity contribution in [2.24, 2.45) is 0 Å². The third kappa shape index (κ3) is 4.28. The van der Waals surface area contributed by atoms with Gasteiger partial charge in [0.2, 0.25) is 6.04 Å². The molecule has 0 unspecified atom stereocenters. The number of benzene rings is 3. The van der Waals surface area contributed by atoms with Crippen molar-refractivity contribution in [3.8, 4) is 0 Å². The summed E-state index contributed by atoms with van der Waals surface area (Å²) >= 11 is 6.67. The third-order valence-electron chi connectivity index (χ3n) is 7.68. The third-order valence-corrected chi connectivity index (χ3v) is 8.03. The largest absolute Gasteiger partial charge is 0.443 e. The Morgan fingerprint density at radius 2 is 1.67 bits per heavy atom. The van der Waals surface area contributed by atoms with Crippen molar-refractivity contribution < 1.29 is 24.4 Å². The molecule has 3 aromatic rings. The predicted molar refractivity (Wildman–Crippen MR) is 147 cm³/mol. The van der Waals surface area contributed by atoms with Gasteiger partial charge in [-0.25, -0.2) is 9.69 Å². The Morgan fingerprint density at radius 1 is 1.05 bits per heavy atom. The molecule has 8 nitrogen and oxygen atoms in total. The molecule has 5 rings (SSSR count). The Bertz CT molecular complexity index is 1440. The van der Waals surface area contributed by atoms with E-state index in [9.17, 15) is 24.8 Å². The monoisotopic (exact) mass is 548 g/mol. The van der Waals surface area contributed by atoms with Crippen LogP contribution >= 0.6 is 11.6 Å². The van der Waals surface area contributed by atoms with Crippen LogP contribution in [0.1, 0.15) is 55.7 Å². The van der Waals surface area contributed by atoms with Crippen molar-refractivity contribution >= 4 is 29.3 Å². The molecule has 2 amide bonds. The molecule has 39 heavy (non-hydrogen) atoms. The Morgan fingerprint density at radius 3 is 2.31 bits per heavy atom. The van der Waals surface area contributed by atoms with Crippen LogP contribution in [0.15, 0.2) is 78.9 Å². The average molecular weight is 549 g/mol. The van der Waals surface area contributed by atoms with Crippen molar-refractivity contribution in [1.82, 2.24) is 0 Å². The summed E-state index contributed by atoms with van der Waals surface area (Å²) in [5, 5.41) is 25.2. The number of hydrogen-bond donors (Lipinski definition) is 1. The van der Waals surface area contributed by atoms with Crippen molar-refractivity contribution in [2.75, 3.05) is 4.90 Å². The number of rotatable bonds is 3. The van der Waals surface area contributed by atoms with E-state index in [2.05, 4.69) is 0 Å². The minimum Gasteiger partial charge on any atom is -0.443 e. The highest BCUT2D eigenvalue weighted by Crippen LogP contribution is 2.60. The highest BCUT2D eigenvalue weighted by atomic mass is 35.5. The number of hydrogen-bond acceptors (Lipinski definition) is 6. The van der Waals surface area contributed by atoms with Gasteiger partial charge >= 0.3 is 6.09 Å². The number of aliphatic hydroxyl groups excluding tert-OH is 1. The van der Waals surface area contributed by atoms with Crippen molar-refractivity contribution in [3.63, 3.8) is 0 Å². The number of halogens is 1. The van der Waals surface area contributed by atoms with E-state index in [1.807, 2.05) is 6.07 Å². The smallest absolute Gasteiger partial charge is 0.421 e. The molecule has 1 N–H and O–H groups in total. The summed E-state index contributed by atoms with van der Waals surface area (Å²) in [4.78, 5) is 41.5. The number of ether oxygens (including phenoxy) is 1. The highest BCUT2D eigenvalue weighted by molar-refractivity contribution is 6.31. The Labute approximate surface area is 231 Å². The molecule has 1 saturated carbocycles. The maximum Gasteiger partial charge on any atom is 0.421 e. The van der Waals surface area contributed by atoms with E-state index in [1.165, 1.54) is 0 Å². The number of nitro groups is 1. The van der Waals surface area contributed by atoms with Gasteiger partial charge in [0.25, 0.3) is 5.91 Å². The topological polar surface area (TPSA) is 110 Å². The fraction of sp³-hybridized carbons (Fsp3) is 0.333. The van der Waals surface area contributed by atoms with Gasteiger partial charge in [-0.3, -0.25) is 14.9 Å². The van der Waals surface area contributed by atoms with Crippen LogP contribution in [-0.4, -0.2) is 39.8 Å². The SMILES string of the molecule is CC(C)(C)OC(=O)N1C(=O)[C@]2(c3ccccc31)[C@H](O)C[C@@H](c1ccccc1)[C@@H]([N+](=O)[O-])[C@@H]2c1ccccc1Cl. The second-order valence-corrected chi connectivity index (χ2v) is 11.5. The van der Waals surface area contributed by atoms with Gasteiger partial charge in [-0.05, 0) is 56.0 Å². The van der Waals surface area contributed by atoms with E-state index in [1.54, 1.807) is 93.6 Å². The van der Waals surface area contributed by atoms with Crippen LogP contribution < -0.4 is 4.90 Å². The molecular weight excluding hydrogens is 520 g/mol. The first-order valence-electron chi connectivity index (χ1n) is 12.8. The van der Waals surface area contributed by atoms with Crippen molar-refractivity contribution in [3.05, 3.63) is 111 Å². The summed E-state index contributed by atoms with van der Waals surface area (Å²) in [5.41, 5.74) is -1.18. The van der Waals surface area contributed by atoms with Crippen molar-refractivity contribution in [1.29, 1.82) is 0 Å². The molecule has 1 spiro atoms. The molecule has 202 valence electrons. The molecule has 0 bridgehead atoms. The first-order chi connectivity index (χ1) is 18.5. The van der Waals surface area contributed by atoms with Crippen LogP contribution in [0, 0.1) is 10.1 Å². The zero-order valence-corrected chi connectivity index (χ0v) is 22.5. The molecule has 1 aliphatic heterocycles. The van der Waals surface area contributed by atoms with E-state index >= 15 is 0 Å². The lowest BCUT2D eigenvalue weighted by atomic mass is 9.54. The molecule has 1 heterocycles. The van der Waals surface area contributed by atoms with Gasteiger partial charge in [-0.1, -0.05) is 78.3 Å². The van der Waals surface area contributed by atoms with Gasteiger partial charge in [-0.15, -0.1) is 0 Å². The Kier molecular flexibility index (Phi) is 6.73. The number of fused-ring (bicyclic) bond motifs is 2. The second-order valence-electron chi connectivity index (χ2n) is 11.1. The van der Waals surface area contributed by atoms with Crippen LogP contribution in [0.4, 0.5) is 10.5 Å². The highest BCUT2D eigenvalue weighted by Gasteiger charge is 2.70. The van der Waals surface area contributed by atoms with Crippen LogP contribution in [0.5, 0.6) is 0 Å². The fourth-order valence-corrected chi connectivity index (χ4v) is 6.53. The second kappa shape index (κ2) is 9.77. The van der Waals surface area contributed by atoms with Gasteiger partial charge in [-0.2, -0.15) is 0 Å².